The first-order valence-electron chi connectivity index (χ1n) is 10.8. The lowest BCUT2D eigenvalue weighted by Gasteiger charge is -2.29. The third-order valence-electron chi connectivity index (χ3n) is 5.75. The second-order valence-corrected chi connectivity index (χ2v) is 8.80. The summed E-state index contributed by atoms with van der Waals surface area (Å²) in [4.78, 5) is 33.2. The predicted molar refractivity (Wildman–Crippen MR) is 136 cm³/mol. The molecule has 0 fully saturated rings. The van der Waals surface area contributed by atoms with Crippen molar-refractivity contribution in [3.63, 3.8) is 0 Å². The van der Waals surface area contributed by atoms with Gasteiger partial charge in [-0.15, -0.1) is 0 Å². The summed E-state index contributed by atoms with van der Waals surface area (Å²) in [6.07, 6.45) is 0.582. The van der Waals surface area contributed by atoms with Gasteiger partial charge in [0.15, 0.2) is 0 Å². The molecule has 0 aliphatic rings. The second kappa shape index (κ2) is 9.58. The third kappa shape index (κ3) is 4.54. The van der Waals surface area contributed by atoms with E-state index in [0.717, 1.165) is 15.7 Å². The van der Waals surface area contributed by atoms with E-state index in [1.165, 1.54) is 0 Å². The average Bonchev–Trinajstić information content (AvgIpc) is 2.82. The second-order valence-electron chi connectivity index (χ2n) is 7.88. The number of halogens is 1. The summed E-state index contributed by atoms with van der Waals surface area (Å²) in [6, 6.07) is 21.7. The molecule has 3 aromatic carbocycles. The minimum atomic E-state index is -0.421. The molecule has 1 heterocycles. The van der Waals surface area contributed by atoms with E-state index < -0.39 is 6.04 Å². The number of hydrogen-bond donors (Lipinski definition) is 1. The molecule has 4 rings (SSSR count). The number of aryl methyl sites for hydroxylation is 1. The number of rotatable bonds is 5. The number of nitrogens with zero attached hydrogens (tertiary/aromatic N) is 3. The Bertz CT molecular complexity index is 1370. The molecule has 0 spiro atoms. The number of nitrogens with one attached hydrogen (secondary N) is 1. The molecule has 6 nitrogen and oxygen atoms in total. The molecule has 7 heteroatoms. The summed E-state index contributed by atoms with van der Waals surface area (Å²) >= 11 is 3.45. The normalized spacial score (nSPS) is 11.9. The van der Waals surface area contributed by atoms with Crippen LogP contribution in [0.25, 0.3) is 16.6 Å². The maximum Gasteiger partial charge on any atom is 0.322 e. The molecule has 1 N–H and O–H groups in total. The predicted octanol–water partition coefficient (Wildman–Crippen LogP) is 6.07. The van der Waals surface area contributed by atoms with E-state index in [0.29, 0.717) is 28.8 Å². The van der Waals surface area contributed by atoms with Crippen LogP contribution in [0.2, 0.25) is 0 Å². The average molecular weight is 505 g/mol. The molecule has 4 aromatic rings. The summed E-state index contributed by atoms with van der Waals surface area (Å²) in [6.45, 7) is 3.93. The van der Waals surface area contributed by atoms with Crippen molar-refractivity contribution in [1.82, 2.24) is 14.5 Å². The molecule has 168 valence electrons. The fourth-order valence-electron chi connectivity index (χ4n) is 3.90. The lowest BCUT2D eigenvalue weighted by molar-refractivity contribution is 0.199. The topological polar surface area (TPSA) is 67.2 Å². The Hall–Kier alpha value is -3.45. The Labute approximate surface area is 201 Å². The first-order valence-corrected chi connectivity index (χ1v) is 11.6. The van der Waals surface area contributed by atoms with Crippen LogP contribution in [0.15, 0.2) is 82.1 Å². The maximum absolute atomic E-state index is 13.6. The monoisotopic (exact) mass is 504 g/mol. The van der Waals surface area contributed by atoms with Crippen molar-refractivity contribution in [2.24, 2.45) is 0 Å². The van der Waals surface area contributed by atoms with Gasteiger partial charge in [0.25, 0.3) is 5.56 Å². The van der Waals surface area contributed by atoms with Crippen LogP contribution in [0.5, 0.6) is 0 Å². The number of aromatic nitrogens is 2. The molecule has 33 heavy (non-hydrogen) atoms. The smallest absolute Gasteiger partial charge is 0.317 e. The van der Waals surface area contributed by atoms with Crippen LogP contribution in [-0.4, -0.2) is 27.5 Å². The lowest BCUT2D eigenvalue weighted by Crippen LogP contribution is -2.38. The first kappa shape index (κ1) is 22.7. The lowest BCUT2D eigenvalue weighted by atomic mass is 10.1. The van der Waals surface area contributed by atoms with Crippen molar-refractivity contribution in [2.45, 2.75) is 26.3 Å². The molecular formula is C26H25BrN4O2. The van der Waals surface area contributed by atoms with Gasteiger partial charge < -0.3 is 10.2 Å². The number of amides is 2. The number of carbonyl (C=O) groups excluding carboxylic acids is 1. The zero-order valence-electron chi connectivity index (χ0n) is 18.7. The van der Waals surface area contributed by atoms with E-state index in [9.17, 15) is 9.59 Å². The van der Waals surface area contributed by atoms with E-state index >= 15 is 0 Å². The highest BCUT2D eigenvalue weighted by Gasteiger charge is 2.26. The molecule has 0 radical (unpaired) electrons. The van der Waals surface area contributed by atoms with Gasteiger partial charge in [-0.05, 0) is 61.4 Å². The minimum absolute atomic E-state index is 0.163. The summed E-state index contributed by atoms with van der Waals surface area (Å²) in [5, 5.41) is 3.51. The highest BCUT2D eigenvalue weighted by molar-refractivity contribution is 9.10. The number of fused-ring (bicyclic) bond motifs is 1. The van der Waals surface area contributed by atoms with Crippen LogP contribution in [0, 0.1) is 6.92 Å². The SMILES string of the molecule is CCC(c1nc2ccccc2c(=O)n1-c1ccc(Br)cc1)N(C)C(=O)Nc1ccccc1C. The molecule has 1 unspecified atom stereocenters. The molecule has 2 amide bonds. The van der Waals surface area contributed by atoms with E-state index in [-0.39, 0.29) is 11.6 Å². The van der Waals surface area contributed by atoms with Gasteiger partial charge in [-0.1, -0.05) is 53.2 Å². The Kier molecular flexibility index (Phi) is 6.60. The summed E-state index contributed by atoms with van der Waals surface area (Å²) < 4.78 is 2.52. The van der Waals surface area contributed by atoms with E-state index in [1.807, 2.05) is 80.6 Å². The third-order valence-corrected chi connectivity index (χ3v) is 6.27. The molecule has 0 saturated heterocycles. The zero-order valence-corrected chi connectivity index (χ0v) is 20.3. The van der Waals surface area contributed by atoms with Crippen LogP contribution in [0.3, 0.4) is 0 Å². The van der Waals surface area contributed by atoms with E-state index in [2.05, 4.69) is 21.2 Å². The van der Waals surface area contributed by atoms with Gasteiger partial charge in [0.1, 0.15) is 5.82 Å². The van der Waals surface area contributed by atoms with Crippen molar-refractivity contribution in [3.05, 3.63) is 99.0 Å². The van der Waals surface area contributed by atoms with Crippen LogP contribution >= 0.6 is 15.9 Å². The fraction of sp³-hybridized carbons (Fsp3) is 0.192. The van der Waals surface area contributed by atoms with Gasteiger partial charge >= 0.3 is 6.03 Å². The number of carbonyl (C=O) groups is 1. The van der Waals surface area contributed by atoms with Crippen LogP contribution < -0.4 is 10.9 Å². The molecule has 0 aliphatic carbocycles. The van der Waals surface area contributed by atoms with Crippen molar-refractivity contribution in [3.8, 4) is 5.69 Å². The van der Waals surface area contributed by atoms with Crippen LogP contribution in [0.1, 0.15) is 30.8 Å². The summed E-state index contributed by atoms with van der Waals surface area (Å²) in [5.74, 6) is 0.519. The van der Waals surface area contributed by atoms with Crippen molar-refractivity contribution >= 4 is 38.6 Å². The van der Waals surface area contributed by atoms with Crippen molar-refractivity contribution < 1.29 is 4.79 Å². The van der Waals surface area contributed by atoms with Gasteiger partial charge in [0.05, 0.1) is 22.6 Å². The fourth-order valence-corrected chi connectivity index (χ4v) is 4.17. The number of benzene rings is 3. The Morgan fingerprint density at radius 2 is 1.73 bits per heavy atom. The quantitative estimate of drug-likeness (QED) is 0.358. The first-order chi connectivity index (χ1) is 15.9. The highest BCUT2D eigenvalue weighted by Crippen LogP contribution is 2.26. The van der Waals surface area contributed by atoms with Gasteiger partial charge in [0, 0.05) is 17.2 Å². The molecular weight excluding hydrogens is 480 g/mol. The number of para-hydroxylation sites is 2. The van der Waals surface area contributed by atoms with E-state index in [1.54, 1.807) is 22.6 Å². The van der Waals surface area contributed by atoms with Gasteiger partial charge in [-0.3, -0.25) is 9.36 Å². The van der Waals surface area contributed by atoms with Crippen LogP contribution in [-0.2, 0) is 0 Å². The van der Waals surface area contributed by atoms with Gasteiger partial charge in [-0.2, -0.15) is 0 Å². The largest absolute Gasteiger partial charge is 0.322 e. The summed E-state index contributed by atoms with van der Waals surface area (Å²) in [7, 11) is 1.73. The maximum atomic E-state index is 13.6. The highest BCUT2D eigenvalue weighted by atomic mass is 79.9. The summed E-state index contributed by atoms with van der Waals surface area (Å²) in [5.41, 5.74) is 2.87. The Morgan fingerprint density at radius 3 is 2.42 bits per heavy atom. The molecule has 0 aliphatic heterocycles. The Balaban J connectivity index is 1.83. The zero-order chi connectivity index (χ0) is 23.5. The minimum Gasteiger partial charge on any atom is -0.317 e. The van der Waals surface area contributed by atoms with Crippen LogP contribution in [0.4, 0.5) is 10.5 Å². The van der Waals surface area contributed by atoms with Crippen molar-refractivity contribution in [2.75, 3.05) is 12.4 Å². The number of anilines is 1. The van der Waals surface area contributed by atoms with Gasteiger partial charge in [0.2, 0.25) is 0 Å². The van der Waals surface area contributed by atoms with E-state index in [4.69, 9.17) is 4.98 Å². The van der Waals surface area contributed by atoms with Gasteiger partial charge in [-0.25, -0.2) is 9.78 Å². The molecule has 1 atom stereocenters. The molecule has 0 saturated carbocycles. The number of urea groups is 1. The number of hydrogen-bond acceptors (Lipinski definition) is 3. The Morgan fingerprint density at radius 1 is 1.06 bits per heavy atom. The van der Waals surface area contributed by atoms with Crippen molar-refractivity contribution in [1.29, 1.82) is 0 Å². The standard InChI is InChI=1S/C26H25BrN4O2/c1-4-23(30(3)26(33)29-21-11-7-5-9-17(21)2)24-28-22-12-8-6-10-20(22)25(32)31(24)19-15-13-18(27)14-16-19/h5-16,23H,4H2,1-3H3,(H,29,33). The molecule has 1 aromatic heterocycles. The molecule has 0 bridgehead atoms.